The molecule has 5 nitrogen and oxygen atoms in total. The number of benzene rings is 1. The van der Waals surface area contributed by atoms with Gasteiger partial charge in [0.1, 0.15) is 11.2 Å². The fourth-order valence-corrected chi connectivity index (χ4v) is 2.69. The summed E-state index contributed by atoms with van der Waals surface area (Å²) in [4.78, 5) is 15.5. The molecule has 0 aliphatic rings. The van der Waals surface area contributed by atoms with E-state index in [2.05, 4.69) is 23.9 Å². The molecule has 1 aromatic carbocycles. The van der Waals surface area contributed by atoms with Crippen molar-refractivity contribution in [1.29, 1.82) is 0 Å². The minimum absolute atomic E-state index is 0.0214. The summed E-state index contributed by atoms with van der Waals surface area (Å²) >= 11 is 6.07. The topological polar surface area (TPSA) is 68.0 Å². The number of halogens is 1. The van der Waals surface area contributed by atoms with Crippen molar-refractivity contribution in [1.82, 2.24) is 14.8 Å². The molecule has 6 heteroatoms. The smallest absolute Gasteiger partial charge is 0.354 e. The van der Waals surface area contributed by atoms with Gasteiger partial charge in [-0.2, -0.15) is 5.10 Å². The molecule has 23 heavy (non-hydrogen) atoms. The Balaban J connectivity index is 2.24. The van der Waals surface area contributed by atoms with Gasteiger partial charge in [-0.25, -0.2) is 14.5 Å². The predicted molar refractivity (Wildman–Crippen MR) is 89.4 cm³/mol. The van der Waals surface area contributed by atoms with Gasteiger partial charge in [-0.15, -0.1) is 0 Å². The fraction of sp³-hybridized carbons (Fsp3) is 0.235. The third kappa shape index (κ3) is 3.05. The maximum absolute atomic E-state index is 11.2. The van der Waals surface area contributed by atoms with Crippen LogP contribution in [-0.4, -0.2) is 25.8 Å². The van der Waals surface area contributed by atoms with Crippen molar-refractivity contribution in [2.45, 2.75) is 20.3 Å². The van der Waals surface area contributed by atoms with Crippen molar-refractivity contribution in [2.75, 3.05) is 0 Å². The Labute approximate surface area is 138 Å². The largest absolute Gasteiger partial charge is 0.477 e. The van der Waals surface area contributed by atoms with Crippen LogP contribution in [0.2, 0.25) is 5.02 Å². The Kier molecular flexibility index (Phi) is 4.05. The highest BCUT2D eigenvalue weighted by atomic mass is 35.5. The number of carboxylic acid groups (broad SMARTS) is 1. The van der Waals surface area contributed by atoms with Crippen LogP contribution in [0, 0.1) is 5.92 Å². The van der Waals surface area contributed by atoms with E-state index in [1.54, 1.807) is 16.8 Å². The summed E-state index contributed by atoms with van der Waals surface area (Å²) in [5, 5.41) is 14.4. The minimum Gasteiger partial charge on any atom is -0.477 e. The number of fused-ring (bicyclic) bond motifs is 1. The average molecular weight is 330 g/mol. The molecule has 0 radical (unpaired) electrons. The van der Waals surface area contributed by atoms with E-state index >= 15 is 0 Å². The number of aromatic nitrogens is 3. The third-order valence-electron chi connectivity index (χ3n) is 3.47. The lowest BCUT2D eigenvalue weighted by atomic mass is 10.1. The molecule has 0 saturated heterocycles. The summed E-state index contributed by atoms with van der Waals surface area (Å²) in [6.45, 7) is 4.18. The Bertz CT molecular complexity index is 887. The minimum atomic E-state index is -1.04. The second kappa shape index (κ2) is 6.01. The van der Waals surface area contributed by atoms with Crippen molar-refractivity contribution in [3.63, 3.8) is 0 Å². The van der Waals surface area contributed by atoms with Crippen molar-refractivity contribution in [3.8, 4) is 5.69 Å². The molecule has 0 unspecified atom stereocenters. The van der Waals surface area contributed by atoms with Gasteiger partial charge < -0.3 is 5.11 Å². The molecule has 118 valence electrons. The quantitative estimate of drug-likeness (QED) is 0.786. The van der Waals surface area contributed by atoms with Crippen molar-refractivity contribution < 1.29 is 9.90 Å². The first-order valence-electron chi connectivity index (χ1n) is 7.33. The summed E-state index contributed by atoms with van der Waals surface area (Å²) in [6.07, 6.45) is 0.722. The first-order chi connectivity index (χ1) is 11.0. The van der Waals surface area contributed by atoms with Crippen molar-refractivity contribution in [3.05, 3.63) is 52.8 Å². The molecular formula is C17H16ClN3O2. The number of rotatable bonds is 4. The SMILES string of the molecule is CC(C)Cc1nn(-c2cccc(Cl)c2)c2ccc(C(=O)O)nc12. The van der Waals surface area contributed by atoms with Crippen LogP contribution in [0.4, 0.5) is 0 Å². The number of pyridine rings is 1. The number of carboxylic acids is 1. The summed E-state index contributed by atoms with van der Waals surface area (Å²) in [6, 6.07) is 10.6. The molecule has 0 aliphatic heterocycles. The second-order valence-corrected chi connectivity index (χ2v) is 6.24. The number of aromatic carboxylic acids is 1. The zero-order valence-electron chi connectivity index (χ0n) is 12.8. The molecule has 0 atom stereocenters. The molecule has 1 N–H and O–H groups in total. The molecule has 2 aromatic heterocycles. The van der Waals surface area contributed by atoms with E-state index < -0.39 is 5.97 Å². The number of hydrogen-bond acceptors (Lipinski definition) is 3. The summed E-state index contributed by atoms with van der Waals surface area (Å²) in [7, 11) is 0. The van der Waals surface area contributed by atoms with Crippen LogP contribution in [0.25, 0.3) is 16.7 Å². The van der Waals surface area contributed by atoms with Crippen LogP contribution < -0.4 is 0 Å². The number of carbonyl (C=O) groups is 1. The van der Waals surface area contributed by atoms with E-state index in [-0.39, 0.29) is 5.69 Å². The van der Waals surface area contributed by atoms with Crippen LogP contribution in [0.3, 0.4) is 0 Å². The van der Waals surface area contributed by atoms with Gasteiger partial charge in [0, 0.05) is 5.02 Å². The zero-order chi connectivity index (χ0) is 16.6. The summed E-state index contributed by atoms with van der Waals surface area (Å²) in [5.41, 5.74) is 3.03. The maximum Gasteiger partial charge on any atom is 0.354 e. The molecule has 3 aromatic rings. The van der Waals surface area contributed by atoms with Gasteiger partial charge in [-0.05, 0) is 42.7 Å². The summed E-state index contributed by atoms with van der Waals surface area (Å²) < 4.78 is 1.76. The number of nitrogens with zero attached hydrogens (tertiary/aromatic N) is 3. The molecular weight excluding hydrogens is 314 g/mol. The van der Waals surface area contributed by atoms with Gasteiger partial charge in [0.05, 0.1) is 16.9 Å². The molecule has 0 saturated carbocycles. The lowest BCUT2D eigenvalue weighted by Gasteiger charge is -2.03. The molecule has 3 rings (SSSR count). The highest BCUT2D eigenvalue weighted by Crippen LogP contribution is 2.24. The van der Waals surface area contributed by atoms with E-state index in [0.717, 1.165) is 23.3 Å². The van der Waals surface area contributed by atoms with Gasteiger partial charge in [-0.1, -0.05) is 31.5 Å². The molecule has 2 heterocycles. The van der Waals surface area contributed by atoms with E-state index in [9.17, 15) is 9.90 Å². The third-order valence-corrected chi connectivity index (χ3v) is 3.70. The first-order valence-corrected chi connectivity index (χ1v) is 7.71. The highest BCUT2D eigenvalue weighted by Gasteiger charge is 2.17. The lowest BCUT2D eigenvalue weighted by molar-refractivity contribution is 0.0691. The Morgan fingerprint density at radius 2 is 2.09 bits per heavy atom. The number of hydrogen-bond donors (Lipinski definition) is 1. The van der Waals surface area contributed by atoms with E-state index in [1.165, 1.54) is 6.07 Å². The van der Waals surface area contributed by atoms with Gasteiger partial charge in [0.25, 0.3) is 0 Å². The highest BCUT2D eigenvalue weighted by molar-refractivity contribution is 6.30. The molecule has 0 fully saturated rings. The molecule has 0 aliphatic carbocycles. The summed E-state index contributed by atoms with van der Waals surface area (Å²) in [5.74, 6) is -0.658. The van der Waals surface area contributed by atoms with Crippen molar-refractivity contribution in [2.24, 2.45) is 5.92 Å². The van der Waals surface area contributed by atoms with E-state index in [4.69, 9.17) is 11.6 Å². The van der Waals surface area contributed by atoms with Gasteiger partial charge in [-0.3, -0.25) is 0 Å². The van der Waals surface area contributed by atoms with Gasteiger partial charge in [0.15, 0.2) is 0 Å². The predicted octanol–water partition coefficient (Wildman–Crippen LogP) is 3.97. The standard InChI is InChI=1S/C17H16ClN3O2/c1-10(2)8-14-16-15(7-6-13(19-16)17(22)23)21(20-14)12-5-3-4-11(18)9-12/h3-7,9-10H,8H2,1-2H3,(H,22,23). The maximum atomic E-state index is 11.2. The van der Waals surface area contributed by atoms with E-state index in [0.29, 0.717) is 16.5 Å². The van der Waals surface area contributed by atoms with Crippen LogP contribution in [0.5, 0.6) is 0 Å². The second-order valence-electron chi connectivity index (χ2n) is 5.81. The van der Waals surface area contributed by atoms with Crippen LogP contribution in [0.15, 0.2) is 36.4 Å². The lowest BCUT2D eigenvalue weighted by Crippen LogP contribution is -2.01. The Hall–Kier alpha value is -2.40. The zero-order valence-corrected chi connectivity index (χ0v) is 13.6. The molecule has 0 bridgehead atoms. The molecule has 0 spiro atoms. The first kappa shape index (κ1) is 15.5. The van der Waals surface area contributed by atoms with Crippen LogP contribution >= 0.6 is 11.6 Å². The molecule has 0 amide bonds. The monoisotopic (exact) mass is 329 g/mol. The van der Waals surface area contributed by atoms with Gasteiger partial charge >= 0.3 is 5.97 Å². The fourth-order valence-electron chi connectivity index (χ4n) is 2.51. The van der Waals surface area contributed by atoms with Gasteiger partial charge in [0.2, 0.25) is 0 Å². The van der Waals surface area contributed by atoms with Crippen molar-refractivity contribution >= 4 is 28.6 Å². The normalized spacial score (nSPS) is 11.3. The van der Waals surface area contributed by atoms with Crippen LogP contribution in [0.1, 0.15) is 30.0 Å². The average Bonchev–Trinajstić information content (AvgIpc) is 2.84. The Morgan fingerprint density at radius 3 is 2.74 bits per heavy atom. The Morgan fingerprint density at radius 1 is 1.30 bits per heavy atom. The van der Waals surface area contributed by atoms with E-state index in [1.807, 2.05) is 18.2 Å². The van der Waals surface area contributed by atoms with Crippen LogP contribution in [-0.2, 0) is 6.42 Å².